The molecule has 1 saturated heterocycles. The highest BCUT2D eigenvalue weighted by Gasteiger charge is 2.28. The molecule has 2 atom stereocenters. The van der Waals surface area contributed by atoms with Crippen molar-refractivity contribution in [2.45, 2.75) is 52.6 Å². The van der Waals surface area contributed by atoms with Gasteiger partial charge in [-0.3, -0.25) is 9.59 Å². The molecule has 29 heavy (non-hydrogen) atoms. The van der Waals surface area contributed by atoms with Crippen molar-refractivity contribution in [2.75, 3.05) is 18.4 Å². The average molecular weight is 399 g/mol. The lowest BCUT2D eigenvalue weighted by atomic mass is 9.97. The molecule has 0 radical (unpaired) electrons. The van der Waals surface area contributed by atoms with Crippen LogP contribution in [0.15, 0.2) is 25.0 Å². The highest BCUT2D eigenvalue weighted by Crippen LogP contribution is 2.22. The number of hydrogen-bond donors (Lipinski definition) is 3. The van der Waals surface area contributed by atoms with E-state index in [1.807, 2.05) is 11.8 Å². The summed E-state index contributed by atoms with van der Waals surface area (Å²) in [5.41, 5.74) is 1.61. The Bertz CT molecular complexity index is 914. The molecule has 0 saturated carbocycles. The minimum Gasteiger partial charge on any atom is -0.366 e. The van der Waals surface area contributed by atoms with Crippen molar-refractivity contribution in [2.24, 2.45) is 5.41 Å². The molecule has 0 bridgehead atoms. The summed E-state index contributed by atoms with van der Waals surface area (Å²) in [6, 6.07) is 0.303. The van der Waals surface area contributed by atoms with Gasteiger partial charge in [0.2, 0.25) is 5.91 Å². The van der Waals surface area contributed by atoms with Gasteiger partial charge >= 0.3 is 0 Å². The molecule has 2 aromatic heterocycles. The Kier molecular flexibility index (Phi) is 5.91. The number of aromatic amines is 1. The first-order chi connectivity index (χ1) is 13.7. The fourth-order valence-electron chi connectivity index (χ4n) is 3.53. The summed E-state index contributed by atoms with van der Waals surface area (Å²) in [5.74, 6) is 0.431. The number of amides is 2. The molecule has 2 aromatic rings. The first kappa shape index (κ1) is 20.8. The van der Waals surface area contributed by atoms with Crippen molar-refractivity contribution in [1.29, 1.82) is 0 Å². The fraction of sp³-hybridized carbons (Fsp3) is 0.524. The summed E-state index contributed by atoms with van der Waals surface area (Å²) < 4.78 is 0. The number of rotatable bonds is 5. The molecule has 0 aromatic carbocycles. The smallest absolute Gasteiger partial charge is 0.255 e. The van der Waals surface area contributed by atoms with Crippen molar-refractivity contribution < 1.29 is 9.59 Å². The Morgan fingerprint density at radius 2 is 2.17 bits per heavy atom. The van der Waals surface area contributed by atoms with E-state index in [1.165, 1.54) is 6.08 Å². The van der Waals surface area contributed by atoms with Gasteiger partial charge in [-0.15, -0.1) is 0 Å². The number of carbonyl (C=O) groups is 2. The van der Waals surface area contributed by atoms with Gasteiger partial charge in [0.05, 0.1) is 11.8 Å². The zero-order valence-electron chi connectivity index (χ0n) is 17.6. The molecule has 1 aliphatic rings. The normalized spacial score (nSPS) is 19.8. The highest BCUT2D eigenvalue weighted by molar-refractivity contribution is 6.04. The molecule has 2 unspecified atom stereocenters. The van der Waals surface area contributed by atoms with Gasteiger partial charge in [0, 0.05) is 31.4 Å². The van der Waals surface area contributed by atoms with Crippen LogP contribution in [-0.2, 0) is 4.79 Å². The van der Waals surface area contributed by atoms with Crippen LogP contribution in [0.1, 0.15) is 50.9 Å². The maximum absolute atomic E-state index is 12.6. The molecule has 0 aliphatic carbocycles. The van der Waals surface area contributed by atoms with Crippen LogP contribution in [0.2, 0.25) is 0 Å². The first-order valence-electron chi connectivity index (χ1n) is 10.00. The third kappa shape index (κ3) is 4.93. The number of hydrogen-bond acceptors (Lipinski definition) is 5. The van der Waals surface area contributed by atoms with E-state index in [0.717, 1.165) is 12.8 Å². The van der Waals surface area contributed by atoms with E-state index in [0.29, 0.717) is 35.6 Å². The molecule has 8 heteroatoms. The molecule has 1 fully saturated rings. The quantitative estimate of drug-likeness (QED) is 0.672. The van der Waals surface area contributed by atoms with E-state index in [1.54, 1.807) is 12.4 Å². The van der Waals surface area contributed by atoms with Crippen LogP contribution in [0.5, 0.6) is 0 Å². The van der Waals surface area contributed by atoms with Gasteiger partial charge in [0.1, 0.15) is 11.3 Å². The van der Waals surface area contributed by atoms with E-state index >= 15 is 0 Å². The Labute approximate surface area is 171 Å². The number of piperidine rings is 1. The van der Waals surface area contributed by atoms with Gasteiger partial charge in [0.15, 0.2) is 5.65 Å². The van der Waals surface area contributed by atoms with Crippen LogP contribution in [0, 0.1) is 5.41 Å². The second-order valence-electron chi connectivity index (χ2n) is 8.85. The second-order valence-corrected chi connectivity index (χ2v) is 8.85. The van der Waals surface area contributed by atoms with Crippen molar-refractivity contribution in [1.82, 2.24) is 25.2 Å². The van der Waals surface area contributed by atoms with Crippen molar-refractivity contribution in [3.05, 3.63) is 30.6 Å². The summed E-state index contributed by atoms with van der Waals surface area (Å²) in [6.07, 6.45) is 6.30. The van der Waals surface area contributed by atoms with Gasteiger partial charge < -0.3 is 20.5 Å². The molecular formula is C21H30N6O2. The number of aromatic nitrogens is 3. The summed E-state index contributed by atoms with van der Waals surface area (Å²) >= 11 is 0. The number of nitrogens with zero attached hydrogens (tertiary/aromatic N) is 3. The number of anilines is 1. The van der Waals surface area contributed by atoms with Crippen LogP contribution in [0.4, 0.5) is 5.82 Å². The van der Waals surface area contributed by atoms with Crippen molar-refractivity contribution in [3.63, 3.8) is 0 Å². The molecule has 2 amide bonds. The molecule has 8 nitrogen and oxygen atoms in total. The van der Waals surface area contributed by atoms with E-state index in [4.69, 9.17) is 0 Å². The number of fused-ring (bicyclic) bond motifs is 1. The lowest BCUT2D eigenvalue weighted by Gasteiger charge is -2.37. The van der Waals surface area contributed by atoms with Gasteiger partial charge in [0.25, 0.3) is 5.91 Å². The summed E-state index contributed by atoms with van der Waals surface area (Å²) in [4.78, 5) is 38.3. The summed E-state index contributed by atoms with van der Waals surface area (Å²) in [6.45, 7) is 13.1. The minimum absolute atomic E-state index is 0.00128. The van der Waals surface area contributed by atoms with Crippen LogP contribution in [-0.4, -0.2) is 56.8 Å². The number of likely N-dealkylation sites (tertiary alicyclic amines) is 1. The Morgan fingerprint density at radius 1 is 1.41 bits per heavy atom. The summed E-state index contributed by atoms with van der Waals surface area (Å²) in [5, 5.41) is 6.36. The second kappa shape index (κ2) is 8.23. The zero-order valence-corrected chi connectivity index (χ0v) is 17.6. The van der Waals surface area contributed by atoms with E-state index < -0.39 is 0 Å². The molecular weight excluding hydrogens is 368 g/mol. The van der Waals surface area contributed by atoms with E-state index in [9.17, 15) is 9.59 Å². The monoisotopic (exact) mass is 398 g/mol. The zero-order chi connectivity index (χ0) is 21.2. The lowest BCUT2D eigenvalue weighted by molar-refractivity contribution is -0.129. The third-order valence-electron chi connectivity index (χ3n) is 5.09. The number of carbonyl (C=O) groups excluding carboxylic acids is 2. The topological polar surface area (TPSA) is 103 Å². The van der Waals surface area contributed by atoms with Crippen LogP contribution in [0.3, 0.4) is 0 Å². The number of nitrogens with one attached hydrogen (secondary N) is 3. The average Bonchev–Trinajstić information content (AvgIpc) is 3.08. The van der Waals surface area contributed by atoms with Gasteiger partial charge in [-0.1, -0.05) is 27.4 Å². The predicted molar refractivity (Wildman–Crippen MR) is 114 cm³/mol. The predicted octanol–water partition coefficient (Wildman–Crippen LogP) is 2.71. The minimum atomic E-state index is -0.164. The molecule has 0 spiro atoms. The highest BCUT2D eigenvalue weighted by atomic mass is 16.2. The first-order valence-corrected chi connectivity index (χ1v) is 10.00. The Morgan fingerprint density at radius 3 is 2.83 bits per heavy atom. The van der Waals surface area contributed by atoms with Crippen LogP contribution < -0.4 is 10.6 Å². The van der Waals surface area contributed by atoms with Gasteiger partial charge in [-0.2, -0.15) is 0 Å². The fourth-order valence-corrected chi connectivity index (χ4v) is 3.53. The Balaban J connectivity index is 1.71. The van der Waals surface area contributed by atoms with Gasteiger partial charge in [-0.25, -0.2) is 9.97 Å². The summed E-state index contributed by atoms with van der Waals surface area (Å²) in [7, 11) is 0. The SMILES string of the molecule is C=CC(=O)N1CCC(Nc2cnc3[nH]cc(C(=O)NCC(C)(C)C)c3n2)CC1C. The maximum Gasteiger partial charge on any atom is 0.255 e. The van der Waals surface area contributed by atoms with E-state index in [-0.39, 0.29) is 29.3 Å². The van der Waals surface area contributed by atoms with Crippen molar-refractivity contribution in [3.8, 4) is 0 Å². The van der Waals surface area contributed by atoms with Crippen LogP contribution >= 0.6 is 0 Å². The van der Waals surface area contributed by atoms with Gasteiger partial charge in [-0.05, 0) is 31.3 Å². The molecule has 1 aliphatic heterocycles. The standard InChI is InChI=1S/C21H30N6O2/c1-6-17(28)27-8-7-14(9-13(27)2)25-16-11-23-19-18(26-16)15(10-22-19)20(29)24-12-21(3,4)5/h6,10-11,13-14H,1,7-9,12H2,2-5H3,(H,22,23)(H,24,29)(H,25,26). The molecule has 3 heterocycles. The molecule has 3 N–H and O–H groups in total. The Hall–Kier alpha value is -2.90. The molecule has 3 rings (SSSR count). The van der Waals surface area contributed by atoms with E-state index in [2.05, 4.69) is 52.9 Å². The maximum atomic E-state index is 12.6. The third-order valence-corrected chi connectivity index (χ3v) is 5.09. The molecule has 156 valence electrons. The lowest BCUT2D eigenvalue weighted by Crippen LogP contribution is -2.47. The largest absolute Gasteiger partial charge is 0.366 e. The van der Waals surface area contributed by atoms with Crippen molar-refractivity contribution >= 4 is 28.8 Å². The number of H-pyrrole nitrogens is 1. The van der Waals surface area contributed by atoms with Crippen LogP contribution in [0.25, 0.3) is 11.2 Å².